The third kappa shape index (κ3) is 2.24. The number of esters is 1. The highest BCUT2D eigenvalue weighted by atomic mass is 32.2. The molecule has 2 saturated heterocycles. The summed E-state index contributed by atoms with van der Waals surface area (Å²) in [6.07, 6.45) is 1.81. The Morgan fingerprint density at radius 3 is 2.67 bits per heavy atom. The first-order chi connectivity index (χ1) is 11.4. The largest absolute Gasteiger partial charge is 0.458 e. The minimum atomic E-state index is -1.10. The van der Waals surface area contributed by atoms with E-state index in [9.17, 15) is 9.59 Å². The van der Waals surface area contributed by atoms with Gasteiger partial charge in [0.25, 0.3) is 0 Å². The maximum atomic E-state index is 13.0. The molecule has 2 heterocycles. The highest BCUT2D eigenvalue weighted by molar-refractivity contribution is 8.06. The number of β-lactam (4-membered cyclic amide) rings is 1. The summed E-state index contributed by atoms with van der Waals surface area (Å²) in [4.78, 5) is 29.2. The lowest BCUT2D eigenvalue weighted by atomic mass is 9.95. The predicted molar refractivity (Wildman–Crippen MR) is 95.2 cm³/mol. The smallest absolute Gasteiger partial charge is 0.344 e. The molecule has 0 radical (unpaired) electrons. The maximum absolute atomic E-state index is 13.0. The van der Waals surface area contributed by atoms with E-state index in [1.54, 1.807) is 4.90 Å². The average Bonchev–Trinajstić information content (AvgIpc) is 2.78. The van der Waals surface area contributed by atoms with Crippen LogP contribution < -0.4 is 0 Å². The maximum Gasteiger partial charge on any atom is 0.344 e. The zero-order valence-electron chi connectivity index (χ0n) is 13.7. The van der Waals surface area contributed by atoms with E-state index in [0.717, 1.165) is 5.56 Å². The Labute approximate surface area is 149 Å². The van der Waals surface area contributed by atoms with Gasteiger partial charge in [-0.1, -0.05) is 30.3 Å². The van der Waals surface area contributed by atoms with E-state index >= 15 is 0 Å². The number of rotatable bonds is 4. The Morgan fingerprint density at radius 1 is 1.42 bits per heavy atom. The van der Waals surface area contributed by atoms with Crippen LogP contribution in [0.2, 0.25) is 0 Å². The number of amides is 1. The summed E-state index contributed by atoms with van der Waals surface area (Å²) in [5.74, 6) is -0.699. The van der Waals surface area contributed by atoms with Gasteiger partial charge in [0, 0.05) is 0 Å². The van der Waals surface area contributed by atoms with Crippen LogP contribution in [0.15, 0.2) is 30.3 Å². The number of thioether (sulfide) groups is 2. The third-order valence-electron chi connectivity index (χ3n) is 4.51. The lowest BCUT2D eigenvalue weighted by Crippen LogP contribution is -2.70. The van der Waals surface area contributed by atoms with Crippen molar-refractivity contribution in [2.45, 2.75) is 41.5 Å². The molecule has 2 fully saturated rings. The lowest BCUT2D eigenvalue weighted by Gasteiger charge is -2.45. The highest BCUT2D eigenvalue weighted by Crippen LogP contribution is 2.61. The van der Waals surface area contributed by atoms with E-state index in [0.29, 0.717) is 0 Å². The molecular weight excluding hydrogens is 344 g/mol. The van der Waals surface area contributed by atoms with Gasteiger partial charge in [0.1, 0.15) is 6.61 Å². The van der Waals surface area contributed by atoms with Gasteiger partial charge in [0.05, 0.1) is 4.75 Å². The quantitative estimate of drug-likeness (QED) is 0.468. The SMILES string of the molecule is [C-]#[N+][C@H]1C(=O)N2[C@@H]1SC(C)(C)[C@]2(SC)C(=O)OCc1ccccc1. The molecule has 0 spiro atoms. The molecule has 3 rings (SSSR count). The van der Waals surface area contributed by atoms with Crippen molar-refractivity contribution in [1.29, 1.82) is 0 Å². The zero-order valence-corrected chi connectivity index (χ0v) is 15.3. The molecule has 1 aromatic carbocycles. The summed E-state index contributed by atoms with van der Waals surface area (Å²) in [7, 11) is 0. The minimum Gasteiger partial charge on any atom is -0.458 e. The molecule has 5 nitrogen and oxygen atoms in total. The fourth-order valence-corrected chi connectivity index (χ4v) is 6.48. The van der Waals surface area contributed by atoms with Crippen LogP contribution in [0.4, 0.5) is 0 Å². The number of fused-ring (bicyclic) bond motifs is 1. The van der Waals surface area contributed by atoms with E-state index in [2.05, 4.69) is 4.85 Å². The van der Waals surface area contributed by atoms with Crippen molar-refractivity contribution < 1.29 is 14.3 Å². The van der Waals surface area contributed by atoms with Crippen LogP contribution >= 0.6 is 23.5 Å². The summed E-state index contributed by atoms with van der Waals surface area (Å²) >= 11 is 2.82. The number of nitrogens with zero attached hydrogens (tertiary/aromatic N) is 2. The molecular formula is C17H18N2O3S2. The topological polar surface area (TPSA) is 51.0 Å². The molecule has 0 aromatic heterocycles. The van der Waals surface area contributed by atoms with Gasteiger partial charge in [0.15, 0.2) is 5.37 Å². The Morgan fingerprint density at radius 2 is 2.08 bits per heavy atom. The standard InChI is InChI=1S/C17H18N2O3S2/c1-16(2)17(23-4,19-13(20)12(18-3)14(19)24-16)15(21)22-10-11-8-6-5-7-9-11/h5-9,12,14H,10H2,1-2,4H3/t12-,14+,17+/m0/s1. The average molecular weight is 362 g/mol. The number of ether oxygens (including phenoxy) is 1. The van der Waals surface area contributed by atoms with Crippen molar-refractivity contribution in [2.24, 2.45) is 0 Å². The summed E-state index contributed by atoms with van der Waals surface area (Å²) in [6, 6.07) is 8.76. The molecule has 0 unspecified atom stereocenters. The van der Waals surface area contributed by atoms with E-state index in [1.165, 1.54) is 23.5 Å². The van der Waals surface area contributed by atoms with E-state index < -0.39 is 21.6 Å². The van der Waals surface area contributed by atoms with Crippen LogP contribution in [0.3, 0.4) is 0 Å². The molecule has 0 aliphatic carbocycles. The molecule has 1 aromatic rings. The van der Waals surface area contributed by atoms with Crippen molar-refractivity contribution in [2.75, 3.05) is 6.26 Å². The molecule has 0 saturated carbocycles. The molecule has 2 aliphatic heterocycles. The molecule has 2 aliphatic rings. The molecule has 3 atom stereocenters. The monoisotopic (exact) mass is 362 g/mol. The predicted octanol–water partition coefficient (Wildman–Crippen LogP) is 2.77. The van der Waals surface area contributed by atoms with Gasteiger partial charge in [0.2, 0.25) is 4.87 Å². The van der Waals surface area contributed by atoms with Crippen molar-refractivity contribution in [1.82, 2.24) is 4.90 Å². The van der Waals surface area contributed by atoms with Crippen molar-refractivity contribution in [3.05, 3.63) is 47.3 Å². The Bertz CT molecular complexity index is 716. The molecule has 24 heavy (non-hydrogen) atoms. The molecule has 1 amide bonds. The number of hydrogen-bond donors (Lipinski definition) is 0. The van der Waals surface area contributed by atoms with Crippen molar-refractivity contribution in [3.63, 3.8) is 0 Å². The van der Waals surface area contributed by atoms with Crippen molar-refractivity contribution in [3.8, 4) is 0 Å². The Balaban J connectivity index is 1.86. The number of benzene rings is 1. The second-order valence-electron chi connectivity index (χ2n) is 6.21. The van der Waals surface area contributed by atoms with Crippen LogP contribution in [0.1, 0.15) is 19.4 Å². The number of hydrogen-bond acceptors (Lipinski definition) is 5. The molecule has 0 bridgehead atoms. The second-order valence-corrected chi connectivity index (χ2v) is 8.95. The van der Waals surface area contributed by atoms with Crippen LogP contribution in [0.25, 0.3) is 4.85 Å². The van der Waals surface area contributed by atoms with Crippen molar-refractivity contribution >= 4 is 35.4 Å². The van der Waals surface area contributed by atoms with Gasteiger partial charge >= 0.3 is 17.9 Å². The van der Waals surface area contributed by atoms with Crippen LogP contribution in [-0.4, -0.2) is 44.1 Å². The fourth-order valence-electron chi connectivity index (χ4n) is 3.28. The molecule has 7 heteroatoms. The normalized spacial score (nSPS) is 30.2. The lowest BCUT2D eigenvalue weighted by molar-refractivity contribution is -0.165. The number of carbonyl (C=O) groups is 2. The van der Waals surface area contributed by atoms with E-state index in [-0.39, 0.29) is 17.9 Å². The first kappa shape index (κ1) is 17.2. The molecule has 126 valence electrons. The van der Waals surface area contributed by atoms with Gasteiger partial charge in [-0.15, -0.1) is 23.5 Å². The summed E-state index contributed by atoms with van der Waals surface area (Å²) < 4.78 is 5.03. The van der Waals surface area contributed by atoms with E-state index in [1.807, 2.05) is 50.4 Å². The zero-order chi connectivity index (χ0) is 17.5. The van der Waals surface area contributed by atoms with Gasteiger partial charge in [-0.25, -0.2) is 11.4 Å². The fraction of sp³-hybridized carbons (Fsp3) is 0.471. The van der Waals surface area contributed by atoms with Gasteiger partial charge in [-0.05, 0) is 25.7 Å². The first-order valence-corrected chi connectivity index (χ1v) is 9.63. The summed E-state index contributed by atoms with van der Waals surface area (Å²) in [5, 5.41) is -0.276. The van der Waals surface area contributed by atoms with Crippen LogP contribution in [0.5, 0.6) is 0 Å². The highest BCUT2D eigenvalue weighted by Gasteiger charge is 2.76. The number of carbonyl (C=O) groups excluding carboxylic acids is 2. The first-order valence-electron chi connectivity index (χ1n) is 7.53. The summed E-state index contributed by atoms with van der Waals surface area (Å²) in [5.41, 5.74) is 0.899. The van der Waals surface area contributed by atoms with Crippen LogP contribution in [-0.2, 0) is 20.9 Å². The second kappa shape index (κ2) is 6.01. The van der Waals surface area contributed by atoms with Gasteiger partial charge < -0.3 is 4.74 Å². The third-order valence-corrected chi connectivity index (χ3v) is 7.70. The Hall–Kier alpha value is -1.65. The van der Waals surface area contributed by atoms with Gasteiger partial charge in [-0.2, -0.15) is 0 Å². The van der Waals surface area contributed by atoms with Crippen LogP contribution in [0, 0.1) is 6.57 Å². The molecule has 0 N–H and O–H groups in total. The minimum absolute atomic E-state index is 0.168. The Kier molecular flexibility index (Phi) is 4.30. The summed E-state index contributed by atoms with van der Waals surface area (Å²) in [6.45, 7) is 11.2. The van der Waals surface area contributed by atoms with Gasteiger partial charge in [-0.3, -0.25) is 14.5 Å². The van der Waals surface area contributed by atoms with E-state index in [4.69, 9.17) is 11.3 Å².